The van der Waals surface area contributed by atoms with Crippen molar-refractivity contribution < 1.29 is 24.1 Å². The number of hydrogen-bond donors (Lipinski definition) is 0. The highest BCUT2D eigenvalue weighted by Crippen LogP contribution is 2.07. The summed E-state index contributed by atoms with van der Waals surface area (Å²) in [7, 11) is 0. The van der Waals surface area contributed by atoms with E-state index >= 15 is 0 Å². The molecule has 0 aliphatic rings. The Morgan fingerprint density at radius 3 is 2.75 bits per heavy atom. The van der Waals surface area contributed by atoms with Crippen LogP contribution in [-0.2, 0) is 24.1 Å². The van der Waals surface area contributed by atoms with Gasteiger partial charge in [-0.1, -0.05) is 6.08 Å². The van der Waals surface area contributed by atoms with Crippen LogP contribution >= 0.6 is 0 Å². The molecule has 5 heteroatoms. The molecule has 2 atom stereocenters. The number of carbonyl (C=O) groups is 1. The first-order valence-electron chi connectivity index (χ1n) is 4.90. The molecular weight excluding hydrogens is 212 g/mol. The van der Waals surface area contributed by atoms with Crippen molar-refractivity contribution in [1.29, 1.82) is 0 Å². The Kier molecular flexibility index (Phi) is 9.46. The molecule has 0 fully saturated rings. The predicted octanol–water partition coefficient (Wildman–Crippen LogP) is 0.871. The smallest absolute Gasteiger partial charge is 0.122 e. The fraction of sp³-hybridized carbons (Fsp3) is 0.545. The normalized spacial score (nSPS) is 13.6. The average Bonchev–Trinajstić information content (AvgIpc) is 2.28. The molecule has 0 aromatic carbocycles. The molecule has 16 heavy (non-hydrogen) atoms. The first-order chi connectivity index (χ1) is 7.76. The van der Waals surface area contributed by atoms with Gasteiger partial charge >= 0.3 is 0 Å². The Morgan fingerprint density at radius 2 is 2.19 bits per heavy atom. The third kappa shape index (κ3) is 7.09. The Bertz CT molecular complexity index is 245. The summed E-state index contributed by atoms with van der Waals surface area (Å²) in [5.74, 6) is 1.58. The second-order valence-corrected chi connectivity index (χ2v) is 2.97. The summed E-state index contributed by atoms with van der Waals surface area (Å²) < 4.78 is 5.24. The molecule has 0 aromatic heterocycles. The van der Waals surface area contributed by atoms with Crippen molar-refractivity contribution in [3.05, 3.63) is 18.7 Å². The van der Waals surface area contributed by atoms with Crippen molar-refractivity contribution in [2.24, 2.45) is 0 Å². The quantitative estimate of drug-likeness (QED) is 0.139. The van der Waals surface area contributed by atoms with E-state index in [1.165, 1.54) is 12.2 Å². The third-order valence-corrected chi connectivity index (χ3v) is 1.73. The second-order valence-electron chi connectivity index (χ2n) is 2.97. The molecule has 0 aliphatic carbocycles. The summed E-state index contributed by atoms with van der Waals surface area (Å²) in [5.41, 5.74) is 0. The minimum Gasteiger partial charge on any atom is -0.370 e. The van der Waals surface area contributed by atoms with Crippen LogP contribution in [0, 0.1) is 0 Å². The first kappa shape index (κ1) is 14.7. The Balaban J connectivity index is 3.99. The van der Waals surface area contributed by atoms with E-state index < -0.39 is 12.2 Å². The van der Waals surface area contributed by atoms with Gasteiger partial charge < -0.3 is 9.53 Å². The predicted molar refractivity (Wildman–Crippen MR) is 57.4 cm³/mol. The van der Waals surface area contributed by atoms with E-state index in [4.69, 9.17) is 14.5 Å². The number of aldehydes is 1. The monoisotopic (exact) mass is 228 g/mol. The van der Waals surface area contributed by atoms with E-state index in [9.17, 15) is 9.59 Å². The third-order valence-electron chi connectivity index (χ3n) is 1.73. The minimum absolute atomic E-state index is 0.0944. The highest BCUT2D eigenvalue weighted by molar-refractivity contribution is 5.50. The average molecular weight is 228 g/mol. The maximum Gasteiger partial charge on any atom is 0.122 e. The molecule has 0 saturated carbocycles. The zero-order valence-corrected chi connectivity index (χ0v) is 9.26. The summed E-state index contributed by atoms with van der Waals surface area (Å²) in [6.07, 6.45) is 2.76. The van der Waals surface area contributed by atoms with Crippen molar-refractivity contribution in [1.82, 2.24) is 0 Å². The Labute approximate surface area is 94.6 Å². The van der Waals surface area contributed by atoms with Gasteiger partial charge in [-0.2, -0.15) is 0 Å². The molecule has 0 bridgehead atoms. The fourth-order valence-corrected chi connectivity index (χ4v) is 0.952. The number of hydrogen-bond acceptors (Lipinski definition) is 5. The van der Waals surface area contributed by atoms with Gasteiger partial charge in [0.15, 0.2) is 0 Å². The highest BCUT2D eigenvalue weighted by Gasteiger charge is 2.18. The van der Waals surface area contributed by atoms with Crippen molar-refractivity contribution in [3.63, 3.8) is 0 Å². The van der Waals surface area contributed by atoms with Crippen molar-refractivity contribution in [3.8, 4) is 0 Å². The standard InChI is InChI=1S/C11H16O5/c1-3-8-15-16-10(2)11(5-7-13)14-9-4-6-12/h3-4,7,10-11H,1,5,8-9H2,2H3. The maximum absolute atomic E-state index is 10.4. The molecule has 0 rings (SSSR count). The van der Waals surface area contributed by atoms with E-state index in [1.54, 1.807) is 12.9 Å². The zero-order valence-electron chi connectivity index (χ0n) is 9.26. The fourth-order valence-electron chi connectivity index (χ4n) is 0.952. The van der Waals surface area contributed by atoms with Crippen LogP contribution in [0.2, 0.25) is 0 Å². The van der Waals surface area contributed by atoms with Gasteiger partial charge in [0.25, 0.3) is 0 Å². The van der Waals surface area contributed by atoms with Gasteiger partial charge in [-0.15, -0.1) is 6.58 Å². The lowest BCUT2D eigenvalue weighted by molar-refractivity contribution is -0.329. The molecule has 0 amide bonds. The summed E-state index contributed by atoms with van der Waals surface area (Å²) >= 11 is 0. The summed E-state index contributed by atoms with van der Waals surface area (Å²) in [5, 5.41) is 0. The van der Waals surface area contributed by atoms with Crippen molar-refractivity contribution in [2.75, 3.05) is 13.2 Å². The van der Waals surface area contributed by atoms with E-state index in [0.29, 0.717) is 0 Å². The van der Waals surface area contributed by atoms with E-state index in [0.717, 1.165) is 6.29 Å². The Morgan fingerprint density at radius 1 is 1.44 bits per heavy atom. The molecule has 0 radical (unpaired) electrons. The van der Waals surface area contributed by atoms with Crippen LogP contribution in [0.5, 0.6) is 0 Å². The van der Waals surface area contributed by atoms with Crippen LogP contribution in [0.3, 0.4) is 0 Å². The van der Waals surface area contributed by atoms with Gasteiger partial charge in [0.05, 0.1) is 12.7 Å². The van der Waals surface area contributed by atoms with Gasteiger partial charge in [0, 0.05) is 12.5 Å². The van der Waals surface area contributed by atoms with Crippen LogP contribution in [0.1, 0.15) is 13.3 Å². The zero-order chi connectivity index (χ0) is 12.2. The summed E-state index contributed by atoms with van der Waals surface area (Å²) in [4.78, 5) is 30.1. The van der Waals surface area contributed by atoms with E-state index in [2.05, 4.69) is 6.58 Å². The molecule has 5 nitrogen and oxygen atoms in total. The Hall–Kier alpha value is -1.26. The van der Waals surface area contributed by atoms with E-state index in [1.807, 2.05) is 0 Å². The lowest BCUT2D eigenvalue weighted by Crippen LogP contribution is -2.30. The lowest BCUT2D eigenvalue weighted by atomic mass is 10.2. The number of rotatable bonds is 10. The largest absolute Gasteiger partial charge is 0.370 e. The highest BCUT2D eigenvalue weighted by atomic mass is 17.2. The van der Waals surface area contributed by atoms with Crippen LogP contribution in [0.25, 0.3) is 0 Å². The van der Waals surface area contributed by atoms with Crippen LogP contribution in [0.4, 0.5) is 0 Å². The molecule has 90 valence electrons. The van der Waals surface area contributed by atoms with E-state index in [-0.39, 0.29) is 19.6 Å². The second kappa shape index (κ2) is 10.3. The molecule has 0 aliphatic heterocycles. The first-order valence-corrected chi connectivity index (χ1v) is 4.90. The van der Waals surface area contributed by atoms with Gasteiger partial charge in [0.2, 0.25) is 0 Å². The van der Waals surface area contributed by atoms with Crippen LogP contribution in [0.15, 0.2) is 18.7 Å². The van der Waals surface area contributed by atoms with Crippen LogP contribution < -0.4 is 0 Å². The topological polar surface area (TPSA) is 61.8 Å². The number of carbonyl (C=O) groups excluding carboxylic acids is 2. The molecule has 0 aromatic rings. The number of ether oxygens (including phenoxy) is 1. The van der Waals surface area contributed by atoms with Crippen molar-refractivity contribution in [2.45, 2.75) is 25.6 Å². The maximum atomic E-state index is 10.4. The van der Waals surface area contributed by atoms with Crippen molar-refractivity contribution >= 4 is 12.2 Å². The van der Waals surface area contributed by atoms with Crippen LogP contribution in [-0.4, -0.2) is 37.6 Å². The van der Waals surface area contributed by atoms with Gasteiger partial charge in [0.1, 0.15) is 24.9 Å². The summed E-state index contributed by atoms with van der Waals surface area (Å²) in [6, 6.07) is 0. The molecule has 0 spiro atoms. The SMILES string of the molecule is C=CCOOC(C)C(CC=O)OCC=C=O. The molecule has 0 saturated heterocycles. The molecule has 0 heterocycles. The van der Waals surface area contributed by atoms with Gasteiger partial charge in [-0.05, 0) is 6.92 Å². The molecule has 0 N–H and O–H groups in total. The molecular formula is C11H16O5. The minimum atomic E-state index is -0.452. The molecule has 2 unspecified atom stereocenters. The van der Waals surface area contributed by atoms with Gasteiger partial charge in [-0.25, -0.2) is 14.6 Å². The van der Waals surface area contributed by atoms with Gasteiger partial charge in [-0.3, -0.25) is 0 Å². The summed E-state index contributed by atoms with van der Waals surface area (Å²) in [6.45, 7) is 5.52. The lowest BCUT2D eigenvalue weighted by Gasteiger charge is -2.20.